The second kappa shape index (κ2) is 5.65. The normalized spacial score (nSPS) is 20.4. The van der Waals surface area contributed by atoms with Crippen molar-refractivity contribution in [2.45, 2.75) is 25.6 Å². The zero-order valence-corrected chi connectivity index (χ0v) is 13.6. The van der Waals surface area contributed by atoms with Crippen molar-refractivity contribution in [2.24, 2.45) is 0 Å². The zero-order valence-electron chi connectivity index (χ0n) is 13.6. The first-order chi connectivity index (χ1) is 12.4. The summed E-state index contributed by atoms with van der Waals surface area (Å²) in [5.41, 5.74) is -0.788. The van der Waals surface area contributed by atoms with Crippen molar-refractivity contribution in [3.05, 3.63) is 54.2 Å². The second-order valence-electron chi connectivity index (χ2n) is 6.09. The highest BCUT2D eigenvalue weighted by Crippen LogP contribution is 2.31. The highest BCUT2D eigenvalue weighted by Gasteiger charge is 2.51. The summed E-state index contributed by atoms with van der Waals surface area (Å²) in [5.74, 6) is -0.403. The molecule has 0 bridgehead atoms. The standard InChI is InChI=1S/C17H14F2N4O3/c1-17(12-7-4-8-26-12)14(24)22(16(25)21-17)9-13-20-10-5-2-3-6-11(10)23(13)15(18)19/h2-8,15H,9H2,1H3,(H,21,25). The van der Waals surface area contributed by atoms with Gasteiger partial charge >= 0.3 is 12.6 Å². The molecule has 1 aromatic carbocycles. The summed E-state index contributed by atoms with van der Waals surface area (Å²) in [6.07, 6.45) is 1.39. The van der Waals surface area contributed by atoms with E-state index >= 15 is 0 Å². The van der Waals surface area contributed by atoms with Gasteiger partial charge in [-0.1, -0.05) is 12.1 Å². The van der Waals surface area contributed by atoms with Crippen molar-refractivity contribution in [2.75, 3.05) is 0 Å². The number of halogens is 2. The second-order valence-corrected chi connectivity index (χ2v) is 6.09. The van der Waals surface area contributed by atoms with Gasteiger partial charge in [0.2, 0.25) is 0 Å². The number of imidazole rings is 1. The molecule has 4 rings (SSSR count). The number of urea groups is 1. The Morgan fingerprint density at radius 3 is 2.69 bits per heavy atom. The van der Waals surface area contributed by atoms with Crippen molar-refractivity contribution in [3.63, 3.8) is 0 Å². The molecule has 0 radical (unpaired) electrons. The zero-order chi connectivity index (χ0) is 18.5. The van der Waals surface area contributed by atoms with Gasteiger partial charge < -0.3 is 9.73 Å². The fourth-order valence-corrected chi connectivity index (χ4v) is 3.14. The van der Waals surface area contributed by atoms with Crippen LogP contribution in [-0.2, 0) is 16.9 Å². The average Bonchev–Trinajstić information content (AvgIpc) is 3.29. The Morgan fingerprint density at radius 1 is 1.23 bits per heavy atom. The van der Waals surface area contributed by atoms with Crippen molar-refractivity contribution >= 4 is 23.0 Å². The minimum Gasteiger partial charge on any atom is -0.466 e. The van der Waals surface area contributed by atoms with Crippen molar-refractivity contribution < 1.29 is 22.8 Å². The van der Waals surface area contributed by atoms with E-state index in [1.54, 1.807) is 30.3 Å². The van der Waals surface area contributed by atoms with Crippen molar-refractivity contribution in [1.29, 1.82) is 0 Å². The quantitative estimate of drug-likeness (QED) is 0.726. The third-order valence-corrected chi connectivity index (χ3v) is 4.45. The van der Waals surface area contributed by atoms with Gasteiger partial charge in [0.15, 0.2) is 5.54 Å². The molecule has 1 fully saturated rings. The van der Waals surface area contributed by atoms with Crippen LogP contribution in [0.3, 0.4) is 0 Å². The number of furan rings is 1. The molecule has 7 nitrogen and oxygen atoms in total. The van der Waals surface area contributed by atoms with Crippen LogP contribution in [0.1, 0.15) is 25.1 Å². The lowest BCUT2D eigenvalue weighted by atomic mass is 9.99. The first-order valence-electron chi connectivity index (χ1n) is 7.84. The summed E-state index contributed by atoms with van der Waals surface area (Å²) in [7, 11) is 0. The minimum atomic E-state index is -2.85. The molecule has 1 atom stereocenters. The molecule has 134 valence electrons. The number of fused-ring (bicyclic) bond motifs is 1. The van der Waals surface area contributed by atoms with Gasteiger partial charge in [0, 0.05) is 0 Å². The summed E-state index contributed by atoms with van der Waals surface area (Å²) in [5, 5.41) is 2.55. The number of carbonyl (C=O) groups is 2. The number of carbonyl (C=O) groups excluding carboxylic acids is 2. The first kappa shape index (κ1) is 16.2. The van der Waals surface area contributed by atoms with Crippen LogP contribution in [0.2, 0.25) is 0 Å². The van der Waals surface area contributed by atoms with Crippen LogP contribution in [0.15, 0.2) is 47.1 Å². The van der Waals surface area contributed by atoms with E-state index in [0.29, 0.717) is 5.52 Å². The summed E-state index contributed by atoms with van der Waals surface area (Å²) in [4.78, 5) is 30.1. The number of aromatic nitrogens is 2. The van der Waals surface area contributed by atoms with Gasteiger partial charge in [-0.3, -0.25) is 14.3 Å². The molecule has 3 aromatic rings. The highest BCUT2D eigenvalue weighted by atomic mass is 19.3. The summed E-state index contributed by atoms with van der Waals surface area (Å²) in [6, 6.07) is 8.87. The lowest BCUT2D eigenvalue weighted by Crippen LogP contribution is -2.40. The fraction of sp³-hybridized carbons (Fsp3) is 0.235. The molecule has 1 aliphatic heterocycles. The molecule has 0 saturated carbocycles. The molecule has 3 amide bonds. The topological polar surface area (TPSA) is 80.4 Å². The largest absolute Gasteiger partial charge is 0.466 e. The molecule has 1 N–H and O–H groups in total. The molecule has 1 aliphatic rings. The first-order valence-corrected chi connectivity index (χ1v) is 7.84. The van der Waals surface area contributed by atoms with E-state index in [0.717, 1.165) is 9.47 Å². The van der Waals surface area contributed by atoms with Gasteiger partial charge in [0.25, 0.3) is 5.91 Å². The van der Waals surface area contributed by atoms with E-state index in [2.05, 4.69) is 10.3 Å². The number of amides is 3. The van der Waals surface area contributed by atoms with E-state index in [9.17, 15) is 18.4 Å². The maximum Gasteiger partial charge on any atom is 0.325 e. The van der Waals surface area contributed by atoms with Gasteiger partial charge in [0.05, 0.1) is 23.8 Å². The van der Waals surface area contributed by atoms with Crippen LogP contribution >= 0.6 is 0 Å². The monoisotopic (exact) mass is 360 g/mol. The smallest absolute Gasteiger partial charge is 0.325 e. The number of hydrogen-bond donors (Lipinski definition) is 1. The molecule has 0 aliphatic carbocycles. The van der Waals surface area contributed by atoms with Crippen LogP contribution in [-0.4, -0.2) is 26.4 Å². The maximum absolute atomic E-state index is 13.5. The Hall–Kier alpha value is -3.23. The number of rotatable bonds is 4. The molecule has 0 spiro atoms. The summed E-state index contributed by atoms with van der Waals surface area (Å²) < 4.78 is 33.0. The van der Waals surface area contributed by atoms with Crippen molar-refractivity contribution in [3.8, 4) is 0 Å². The lowest BCUT2D eigenvalue weighted by Gasteiger charge is -2.19. The lowest BCUT2D eigenvalue weighted by molar-refractivity contribution is -0.132. The molecule has 1 saturated heterocycles. The van der Waals surface area contributed by atoms with Gasteiger partial charge in [-0.15, -0.1) is 0 Å². The number of nitrogens with one attached hydrogen (secondary N) is 1. The third kappa shape index (κ3) is 2.27. The van der Waals surface area contributed by atoms with E-state index in [4.69, 9.17) is 4.42 Å². The SMILES string of the molecule is CC1(c2ccco2)NC(=O)N(Cc2nc3ccccc3n2C(F)F)C1=O. The number of imide groups is 1. The van der Waals surface area contributed by atoms with Crippen LogP contribution in [0, 0.1) is 0 Å². The van der Waals surface area contributed by atoms with E-state index in [1.165, 1.54) is 19.3 Å². The Balaban J connectivity index is 1.72. The molecule has 26 heavy (non-hydrogen) atoms. The molecule has 9 heteroatoms. The van der Waals surface area contributed by atoms with Crippen LogP contribution in [0.25, 0.3) is 11.0 Å². The van der Waals surface area contributed by atoms with E-state index in [-0.39, 0.29) is 23.6 Å². The number of alkyl halides is 2. The van der Waals surface area contributed by atoms with Gasteiger partial charge in [-0.2, -0.15) is 8.78 Å². The molecule has 3 heterocycles. The maximum atomic E-state index is 13.5. The van der Waals surface area contributed by atoms with E-state index < -0.39 is 24.0 Å². The van der Waals surface area contributed by atoms with Gasteiger partial charge in [-0.25, -0.2) is 9.78 Å². The van der Waals surface area contributed by atoms with Crippen molar-refractivity contribution in [1.82, 2.24) is 19.8 Å². The molecule has 1 unspecified atom stereocenters. The van der Waals surface area contributed by atoms with Gasteiger partial charge in [-0.05, 0) is 31.2 Å². The van der Waals surface area contributed by atoms with Crippen LogP contribution in [0.5, 0.6) is 0 Å². The Kier molecular flexibility index (Phi) is 3.53. The van der Waals surface area contributed by atoms with Gasteiger partial charge in [0.1, 0.15) is 11.6 Å². The Labute approximate surface area is 146 Å². The van der Waals surface area contributed by atoms with Crippen LogP contribution < -0.4 is 5.32 Å². The predicted octanol–water partition coefficient (Wildman–Crippen LogP) is 2.99. The molecule has 2 aromatic heterocycles. The number of benzene rings is 1. The predicted molar refractivity (Wildman–Crippen MR) is 86.1 cm³/mol. The number of hydrogen-bond acceptors (Lipinski definition) is 4. The summed E-state index contributed by atoms with van der Waals surface area (Å²) >= 11 is 0. The molecular formula is C17H14F2N4O3. The summed E-state index contributed by atoms with van der Waals surface area (Å²) in [6.45, 7) is -1.73. The fourth-order valence-electron chi connectivity index (χ4n) is 3.14. The average molecular weight is 360 g/mol. The highest BCUT2D eigenvalue weighted by molar-refractivity contribution is 6.06. The minimum absolute atomic E-state index is 0.0756. The van der Waals surface area contributed by atoms with E-state index in [1.807, 2.05) is 0 Å². The Morgan fingerprint density at radius 2 is 2.00 bits per heavy atom. The molecular weight excluding hydrogens is 346 g/mol. The number of nitrogens with zero attached hydrogens (tertiary/aromatic N) is 3. The van der Waals surface area contributed by atoms with Crippen LogP contribution in [0.4, 0.5) is 13.6 Å². The third-order valence-electron chi connectivity index (χ3n) is 4.45. The number of para-hydroxylation sites is 2. The Bertz CT molecular complexity index is 999.